The van der Waals surface area contributed by atoms with E-state index in [1.807, 2.05) is 13.8 Å². The summed E-state index contributed by atoms with van der Waals surface area (Å²) in [4.78, 5) is 0. The van der Waals surface area contributed by atoms with Gasteiger partial charge in [-0.3, -0.25) is 9.22 Å². The molecule has 23 heavy (non-hydrogen) atoms. The highest BCUT2D eigenvalue weighted by atomic mass is 32.2. The van der Waals surface area contributed by atoms with Crippen molar-refractivity contribution in [2.45, 2.75) is 51.1 Å². The summed E-state index contributed by atoms with van der Waals surface area (Å²) >= 11 is 0.204. The minimum absolute atomic E-state index is 0.178. The molecule has 0 spiro atoms. The maximum Gasteiger partial charge on any atom is 0.194 e. The molecule has 5 N–H and O–H groups in total. The topological polar surface area (TPSA) is 152 Å². The molecule has 1 fully saturated rings. The first-order valence-corrected chi connectivity index (χ1v) is 7.99. The van der Waals surface area contributed by atoms with Crippen molar-refractivity contribution in [3.05, 3.63) is 0 Å². The van der Waals surface area contributed by atoms with Gasteiger partial charge >= 0.3 is 0 Å². The van der Waals surface area contributed by atoms with Crippen LogP contribution in [-0.2, 0) is 13.6 Å². The van der Waals surface area contributed by atoms with Crippen molar-refractivity contribution >= 4 is 12.3 Å². The van der Waals surface area contributed by atoms with Gasteiger partial charge in [0.15, 0.2) is 12.3 Å². The summed E-state index contributed by atoms with van der Waals surface area (Å²) in [5, 5.41) is 61.5. The maximum absolute atomic E-state index is 10.2. The van der Waals surface area contributed by atoms with Crippen LogP contribution < -0.4 is 5.26 Å². The molecule has 0 aromatic rings. The molecule has 1 aliphatic carbocycles. The molecule has 0 aliphatic heterocycles. The van der Waals surface area contributed by atoms with E-state index in [1.54, 1.807) is 0 Å². The molecule has 0 aromatic heterocycles. The summed E-state index contributed by atoms with van der Waals surface area (Å²) in [6, 6.07) is 0. The van der Waals surface area contributed by atoms with Crippen LogP contribution in [0.5, 0.6) is 0 Å². The van der Waals surface area contributed by atoms with Gasteiger partial charge in [-0.05, 0) is 24.2 Å². The highest BCUT2D eigenvalue weighted by Crippen LogP contribution is 2.46. The molecule has 4 unspecified atom stereocenters. The predicted molar refractivity (Wildman–Crippen MR) is 76.8 cm³/mol. The average molecular weight is 357 g/mol. The SMILES string of the molecule is CC(C)(CC(O)C(CO)OSOO[O-])C1CC(O)[C@@H](O)[C@H]1CO. The molecular formula is C13H25O9S-. The standard InChI is InChI=1S/C13H26O9S/c1-13(2,8-3-9(16)12(18)7(8)5-14)4-10(17)11(6-15)20-23-22-21-19/h7-12,14-19H,3-6H2,1-2H3/p-1/t7-,8?,9?,10?,11?,12-/m0/s1. The van der Waals surface area contributed by atoms with Crippen LogP contribution in [-0.4, -0.2) is 63.2 Å². The monoisotopic (exact) mass is 357 g/mol. The van der Waals surface area contributed by atoms with Crippen LogP contribution in [0.2, 0.25) is 0 Å². The molecular weight excluding hydrogens is 332 g/mol. The van der Waals surface area contributed by atoms with E-state index in [-0.39, 0.29) is 31.3 Å². The van der Waals surface area contributed by atoms with E-state index in [2.05, 4.69) is 9.37 Å². The lowest BCUT2D eigenvalue weighted by Gasteiger charge is -2.38. The minimum Gasteiger partial charge on any atom is -0.691 e. The number of rotatable bonds is 10. The van der Waals surface area contributed by atoms with Crippen LogP contribution >= 0.6 is 12.3 Å². The maximum atomic E-state index is 10.2. The van der Waals surface area contributed by atoms with E-state index < -0.39 is 42.4 Å². The third kappa shape index (κ3) is 5.49. The van der Waals surface area contributed by atoms with E-state index in [9.17, 15) is 30.8 Å². The fourth-order valence-corrected chi connectivity index (χ4v) is 3.69. The van der Waals surface area contributed by atoms with Gasteiger partial charge < -0.3 is 30.8 Å². The zero-order chi connectivity index (χ0) is 17.6. The van der Waals surface area contributed by atoms with Crippen molar-refractivity contribution in [3.8, 4) is 0 Å². The lowest BCUT2D eigenvalue weighted by Crippen LogP contribution is -2.40. The van der Waals surface area contributed by atoms with Gasteiger partial charge in [-0.15, -0.1) is 4.33 Å². The van der Waals surface area contributed by atoms with Crippen molar-refractivity contribution in [2.24, 2.45) is 17.3 Å². The van der Waals surface area contributed by atoms with E-state index in [0.717, 1.165) is 0 Å². The fraction of sp³-hybridized carbons (Fsp3) is 1.00. The first-order chi connectivity index (χ1) is 10.8. The highest BCUT2D eigenvalue weighted by Gasteiger charge is 2.48. The summed E-state index contributed by atoms with van der Waals surface area (Å²) < 4.78 is 8.84. The summed E-state index contributed by atoms with van der Waals surface area (Å²) in [6.45, 7) is 2.90. The first-order valence-electron chi connectivity index (χ1n) is 7.33. The van der Waals surface area contributed by atoms with Gasteiger partial charge in [0, 0.05) is 12.5 Å². The van der Waals surface area contributed by atoms with Gasteiger partial charge in [-0.2, -0.15) is 0 Å². The Morgan fingerprint density at radius 3 is 2.48 bits per heavy atom. The number of aliphatic hydroxyl groups excluding tert-OH is 5. The van der Waals surface area contributed by atoms with Crippen LogP contribution in [0, 0.1) is 17.3 Å². The minimum atomic E-state index is -1.09. The molecule has 0 heterocycles. The Balaban J connectivity index is 2.68. The van der Waals surface area contributed by atoms with E-state index in [0.29, 0.717) is 6.42 Å². The molecule has 1 aliphatic rings. The van der Waals surface area contributed by atoms with E-state index in [1.165, 1.54) is 0 Å². The van der Waals surface area contributed by atoms with Crippen molar-refractivity contribution in [1.82, 2.24) is 0 Å². The largest absolute Gasteiger partial charge is 0.691 e. The van der Waals surface area contributed by atoms with Crippen LogP contribution in [0.1, 0.15) is 26.7 Å². The number of aliphatic hydroxyl groups is 5. The lowest BCUT2D eigenvalue weighted by atomic mass is 9.69. The third-order valence-corrected chi connectivity index (χ3v) is 5.06. The van der Waals surface area contributed by atoms with Gasteiger partial charge in [0.2, 0.25) is 0 Å². The Labute approximate surface area is 139 Å². The van der Waals surface area contributed by atoms with Gasteiger partial charge in [0.1, 0.15) is 6.10 Å². The smallest absolute Gasteiger partial charge is 0.194 e. The second-order valence-corrected chi connectivity index (χ2v) is 6.99. The van der Waals surface area contributed by atoms with Crippen molar-refractivity contribution in [2.75, 3.05) is 13.2 Å². The Hall–Kier alpha value is -0.0100. The first kappa shape index (κ1) is 21.0. The van der Waals surface area contributed by atoms with E-state index >= 15 is 0 Å². The Morgan fingerprint density at radius 1 is 1.30 bits per heavy atom. The molecule has 0 radical (unpaired) electrons. The molecule has 0 aromatic carbocycles. The summed E-state index contributed by atoms with van der Waals surface area (Å²) in [5.74, 6) is -0.715. The lowest BCUT2D eigenvalue weighted by molar-refractivity contribution is -0.777. The van der Waals surface area contributed by atoms with Crippen LogP contribution in [0.3, 0.4) is 0 Å². The van der Waals surface area contributed by atoms with E-state index in [4.69, 9.17) is 4.18 Å². The van der Waals surface area contributed by atoms with Crippen molar-refractivity contribution in [3.63, 3.8) is 0 Å². The zero-order valence-corrected chi connectivity index (χ0v) is 13.9. The summed E-state index contributed by atoms with van der Waals surface area (Å²) in [6.07, 6.45) is -3.55. The average Bonchev–Trinajstić information content (AvgIpc) is 2.79. The molecule has 1 rings (SSSR count). The number of hydrogen-bond acceptors (Lipinski definition) is 10. The normalized spacial score (nSPS) is 31.3. The number of hydrogen-bond donors (Lipinski definition) is 5. The van der Waals surface area contributed by atoms with Gasteiger partial charge in [-0.1, -0.05) is 13.8 Å². The molecule has 0 bridgehead atoms. The second kappa shape index (κ2) is 9.47. The quantitative estimate of drug-likeness (QED) is 0.132. The van der Waals surface area contributed by atoms with Gasteiger partial charge in [0.05, 0.1) is 24.9 Å². The Bertz CT molecular complexity index is 343. The molecule has 6 atom stereocenters. The molecule has 0 saturated heterocycles. The predicted octanol–water partition coefficient (Wildman–Crippen LogP) is -1.72. The Morgan fingerprint density at radius 2 is 1.96 bits per heavy atom. The Kier molecular flexibility index (Phi) is 8.66. The molecule has 1 saturated carbocycles. The molecule has 138 valence electrons. The van der Waals surface area contributed by atoms with Crippen LogP contribution in [0.25, 0.3) is 0 Å². The summed E-state index contributed by atoms with van der Waals surface area (Å²) in [5.41, 5.74) is -0.553. The van der Waals surface area contributed by atoms with Crippen molar-refractivity contribution < 1.29 is 44.3 Å². The third-order valence-electron chi connectivity index (χ3n) is 4.62. The van der Waals surface area contributed by atoms with Gasteiger partial charge in [-0.25, -0.2) is 0 Å². The fourth-order valence-electron chi connectivity index (χ4n) is 3.35. The van der Waals surface area contributed by atoms with Crippen molar-refractivity contribution in [1.29, 1.82) is 0 Å². The highest BCUT2D eigenvalue weighted by molar-refractivity contribution is 7.89. The zero-order valence-electron chi connectivity index (χ0n) is 13.1. The molecule has 10 heteroatoms. The van der Waals surface area contributed by atoms with Gasteiger partial charge in [0.25, 0.3) is 0 Å². The second-order valence-electron chi connectivity index (χ2n) is 6.53. The molecule has 0 amide bonds. The molecule has 9 nitrogen and oxygen atoms in total. The summed E-state index contributed by atoms with van der Waals surface area (Å²) in [7, 11) is 0. The van der Waals surface area contributed by atoms with Crippen LogP contribution in [0.15, 0.2) is 0 Å². The van der Waals surface area contributed by atoms with Crippen LogP contribution in [0.4, 0.5) is 0 Å².